The molecular weight excluding hydrogens is 117 g/mol. The van der Waals surface area contributed by atoms with E-state index in [4.69, 9.17) is 5.41 Å². The molecule has 1 nitrogen and oxygen atoms in total. The molecule has 0 saturated carbocycles. The van der Waals surface area contributed by atoms with Crippen LogP contribution < -0.4 is 0 Å². The maximum atomic E-state index is 5.77. The Bertz CT molecular complexity index is 29.0. The van der Waals surface area contributed by atoms with Gasteiger partial charge in [-0.2, -0.15) is 0 Å². The van der Waals surface area contributed by atoms with E-state index >= 15 is 0 Å². The number of isothiocyanates is 1. The minimum absolute atomic E-state index is 0. The molecule has 4 heavy (non-hydrogen) atoms. The van der Waals surface area contributed by atoms with E-state index in [1.807, 2.05) is 0 Å². The van der Waals surface area contributed by atoms with Crippen molar-refractivity contribution < 1.29 is 16.8 Å². The van der Waals surface area contributed by atoms with Crippen molar-refractivity contribution >= 4 is 17.4 Å². The van der Waals surface area contributed by atoms with E-state index in [0.29, 0.717) is 0 Å². The number of nitrogens with one attached hydrogen (secondary N) is 1. The number of hydrogen-bond donors (Lipinski definition) is 1. The van der Waals surface area contributed by atoms with Gasteiger partial charge in [-0.1, -0.05) is 0 Å². The molecule has 0 aliphatic heterocycles. The third kappa shape index (κ3) is 41.9. The SMILES string of the molecule is N=C=S.[Co]. The molecule has 0 heterocycles. The predicted molar refractivity (Wildman–Crippen MR) is 15.3 cm³/mol. The fourth-order valence-electron chi connectivity index (χ4n) is 0. The Kier molecular flexibility index (Phi) is 22.8. The van der Waals surface area contributed by atoms with Crippen LogP contribution in [-0.4, -0.2) is 5.16 Å². The molecule has 1 N–H and O–H groups in total. The second kappa shape index (κ2) is 10.3. The molecule has 1 radical (unpaired) electrons. The molecule has 0 fully saturated rings. The Morgan fingerprint density at radius 1 is 1.75 bits per heavy atom. The number of rotatable bonds is 0. The van der Waals surface area contributed by atoms with Crippen molar-refractivity contribution in [2.75, 3.05) is 0 Å². The van der Waals surface area contributed by atoms with E-state index in [9.17, 15) is 0 Å². The van der Waals surface area contributed by atoms with Gasteiger partial charge in [0.1, 0.15) is 0 Å². The largest absolute Gasteiger partial charge is 0.248 e. The van der Waals surface area contributed by atoms with Crippen LogP contribution in [0.2, 0.25) is 0 Å². The van der Waals surface area contributed by atoms with Gasteiger partial charge in [-0.05, 0) is 12.2 Å². The Morgan fingerprint density at radius 3 is 1.75 bits per heavy atom. The summed E-state index contributed by atoms with van der Waals surface area (Å²) in [5, 5.41) is 7.36. The van der Waals surface area contributed by atoms with Gasteiger partial charge in [0.15, 0.2) is 0 Å². The molecule has 3 heteroatoms. The zero-order valence-corrected chi connectivity index (χ0v) is 3.60. The Labute approximate surface area is 40.1 Å². The summed E-state index contributed by atoms with van der Waals surface area (Å²) in [6, 6.07) is 0. The first-order valence-corrected chi connectivity index (χ1v) is 0.862. The first kappa shape index (κ1) is 8.85. The molecule has 0 saturated heterocycles. The minimum Gasteiger partial charge on any atom is -0.248 e. The van der Waals surface area contributed by atoms with Crippen molar-refractivity contribution in [1.82, 2.24) is 0 Å². The van der Waals surface area contributed by atoms with E-state index in [1.54, 1.807) is 5.16 Å². The summed E-state index contributed by atoms with van der Waals surface area (Å²) in [6.07, 6.45) is 0. The summed E-state index contributed by atoms with van der Waals surface area (Å²) in [5.74, 6) is 0. The Hall–Kier alpha value is 0.306. The monoisotopic (exact) mass is 118 g/mol. The van der Waals surface area contributed by atoms with E-state index in [-0.39, 0.29) is 16.8 Å². The second-order valence-corrected chi connectivity index (χ2v) is 0.306. The summed E-state index contributed by atoms with van der Waals surface area (Å²) < 4.78 is 0. The second-order valence-electron chi connectivity index (χ2n) is 0.102. The number of thiocarbonyl (C=S) groups is 1. The zero-order valence-electron chi connectivity index (χ0n) is 1.74. The molecule has 0 aromatic rings. The van der Waals surface area contributed by atoms with Crippen LogP contribution in [0.4, 0.5) is 0 Å². The summed E-state index contributed by atoms with van der Waals surface area (Å²) in [4.78, 5) is 0. The first-order valence-electron chi connectivity index (χ1n) is 0.454. The third-order valence-corrected chi connectivity index (χ3v) is 0. The molecule has 0 atom stereocenters. The van der Waals surface area contributed by atoms with E-state index in [1.165, 1.54) is 0 Å². The quantitative estimate of drug-likeness (QED) is 0.366. The zero-order chi connectivity index (χ0) is 2.71. The van der Waals surface area contributed by atoms with E-state index in [0.717, 1.165) is 0 Å². The van der Waals surface area contributed by atoms with E-state index < -0.39 is 0 Å². The standard InChI is InChI=1S/CHNS.Co/c2-1-3;/h2H;. The molecule has 0 aromatic carbocycles. The van der Waals surface area contributed by atoms with Gasteiger partial charge in [-0.3, -0.25) is 0 Å². The van der Waals surface area contributed by atoms with Crippen molar-refractivity contribution in [2.45, 2.75) is 0 Å². The van der Waals surface area contributed by atoms with E-state index in [2.05, 4.69) is 12.2 Å². The molecule has 0 rings (SSSR count). The van der Waals surface area contributed by atoms with Gasteiger partial charge in [-0.15, -0.1) is 0 Å². The smallest absolute Gasteiger partial charge is 0.0554 e. The summed E-state index contributed by atoms with van der Waals surface area (Å²) in [6.45, 7) is 0. The molecule has 0 aliphatic carbocycles. The fraction of sp³-hybridized carbons (Fsp3) is 0. The first-order chi connectivity index (χ1) is 1.41. The van der Waals surface area contributed by atoms with Crippen molar-refractivity contribution in [3.8, 4) is 0 Å². The maximum Gasteiger partial charge on any atom is 0.0554 e. The van der Waals surface area contributed by atoms with Gasteiger partial charge in [0.25, 0.3) is 0 Å². The molecule has 0 bridgehead atoms. The summed E-state index contributed by atoms with van der Waals surface area (Å²) in [7, 11) is 0. The van der Waals surface area contributed by atoms with Crippen LogP contribution >= 0.6 is 12.2 Å². The van der Waals surface area contributed by atoms with Crippen LogP contribution in [-0.2, 0) is 16.8 Å². The molecule has 0 spiro atoms. The maximum absolute atomic E-state index is 5.77. The molecule has 25 valence electrons. The van der Waals surface area contributed by atoms with Gasteiger partial charge in [0, 0.05) is 16.8 Å². The molecule has 0 aromatic heterocycles. The van der Waals surface area contributed by atoms with Gasteiger partial charge >= 0.3 is 0 Å². The predicted octanol–water partition coefficient (Wildman–Crippen LogP) is 0.665. The molecule has 0 amide bonds. The van der Waals surface area contributed by atoms with Gasteiger partial charge in [-0.25, -0.2) is 5.41 Å². The van der Waals surface area contributed by atoms with Gasteiger partial charge in [0.2, 0.25) is 0 Å². The molecule has 0 aliphatic rings. The summed E-state index contributed by atoms with van der Waals surface area (Å²) in [5.41, 5.74) is 0. The Balaban J connectivity index is 0. The van der Waals surface area contributed by atoms with Crippen LogP contribution in [0.1, 0.15) is 0 Å². The van der Waals surface area contributed by atoms with Crippen molar-refractivity contribution in [3.05, 3.63) is 0 Å². The van der Waals surface area contributed by atoms with Crippen molar-refractivity contribution in [3.63, 3.8) is 0 Å². The van der Waals surface area contributed by atoms with Crippen molar-refractivity contribution in [2.24, 2.45) is 0 Å². The Morgan fingerprint density at radius 2 is 1.75 bits per heavy atom. The van der Waals surface area contributed by atoms with Gasteiger partial charge < -0.3 is 0 Å². The minimum atomic E-state index is 0. The average Bonchev–Trinajstić information content (AvgIpc) is 0.918. The molecule has 0 unspecified atom stereocenters. The van der Waals surface area contributed by atoms with Crippen LogP contribution in [0.25, 0.3) is 0 Å². The van der Waals surface area contributed by atoms with Gasteiger partial charge in [0.05, 0.1) is 5.16 Å². The van der Waals surface area contributed by atoms with Crippen LogP contribution in [0, 0.1) is 5.41 Å². The topological polar surface area (TPSA) is 23.9 Å². The summed E-state index contributed by atoms with van der Waals surface area (Å²) >= 11 is 3.81. The normalized spacial score (nSPS) is 2.00. The molecular formula is CHCoNS. The number of hydrogen-bond acceptors (Lipinski definition) is 2. The third-order valence-electron chi connectivity index (χ3n) is 0. The fourth-order valence-corrected chi connectivity index (χ4v) is 0. The van der Waals surface area contributed by atoms with Crippen LogP contribution in [0.5, 0.6) is 0 Å². The van der Waals surface area contributed by atoms with Crippen LogP contribution in [0.3, 0.4) is 0 Å². The van der Waals surface area contributed by atoms with Crippen molar-refractivity contribution in [1.29, 1.82) is 5.41 Å². The average molecular weight is 118 g/mol. The van der Waals surface area contributed by atoms with Crippen LogP contribution in [0.15, 0.2) is 0 Å².